The number of amides is 1. The number of nitrogens with one attached hydrogen (secondary N) is 1. The van der Waals surface area contributed by atoms with E-state index in [1.54, 1.807) is 10.9 Å². The predicted molar refractivity (Wildman–Crippen MR) is 74.2 cm³/mol. The summed E-state index contributed by atoms with van der Waals surface area (Å²) in [4.78, 5) is 11.6. The number of halogens is 2. The van der Waals surface area contributed by atoms with Crippen LogP contribution in [0.25, 0.3) is 0 Å². The van der Waals surface area contributed by atoms with Crippen molar-refractivity contribution in [1.29, 1.82) is 0 Å². The first-order chi connectivity index (χ1) is 7.67. The Balaban J connectivity index is 0. The number of nitrogens with zero attached hydrogens (tertiary/aromatic N) is 2. The minimum absolute atomic E-state index is 0. The number of carbonyl (C=O) groups excluding carboxylic acids is 1. The van der Waals surface area contributed by atoms with E-state index in [0.29, 0.717) is 6.54 Å². The number of ether oxygens (including phenoxy) is 1. The molecule has 2 atom stereocenters. The first-order valence-corrected chi connectivity index (χ1v) is 5.18. The van der Waals surface area contributed by atoms with Gasteiger partial charge in [-0.15, -0.1) is 24.8 Å². The Bertz CT molecular complexity index is 318. The van der Waals surface area contributed by atoms with E-state index in [-0.39, 0.29) is 43.3 Å². The third-order valence-corrected chi connectivity index (χ3v) is 2.20. The van der Waals surface area contributed by atoms with Gasteiger partial charge in [-0.3, -0.25) is 9.48 Å². The molecule has 2 unspecified atom stereocenters. The van der Waals surface area contributed by atoms with E-state index in [2.05, 4.69) is 10.4 Å². The molecule has 0 bridgehead atoms. The van der Waals surface area contributed by atoms with Gasteiger partial charge in [0.05, 0.1) is 6.54 Å². The minimum atomic E-state index is -0.583. The average Bonchev–Trinajstić information content (AvgIpc) is 2.71. The average molecular weight is 299 g/mol. The van der Waals surface area contributed by atoms with E-state index in [9.17, 15) is 4.79 Å². The normalized spacial score (nSPS) is 12.8. The number of hydrogen-bond acceptors (Lipinski definition) is 4. The molecule has 1 aromatic heterocycles. The predicted octanol–water partition coefficient (Wildman–Crippen LogP) is 0.205. The van der Waals surface area contributed by atoms with E-state index in [4.69, 9.17) is 10.5 Å². The van der Waals surface area contributed by atoms with Gasteiger partial charge in [-0.1, -0.05) is 0 Å². The largest absolute Gasteiger partial charge is 0.370 e. The Morgan fingerprint density at radius 3 is 2.67 bits per heavy atom. The van der Waals surface area contributed by atoms with E-state index in [0.717, 1.165) is 0 Å². The monoisotopic (exact) mass is 298 g/mol. The lowest BCUT2D eigenvalue weighted by atomic mass is 10.2. The zero-order chi connectivity index (χ0) is 12.0. The molecular weight excluding hydrogens is 279 g/mol. The van der Waals surface area contributed by atoms with Crippen LogP contribution in [0, 0.1) is 0 Å². The summed E-state index contributed by atoms with van der Waals surface area (Å²) in [5.41, 5.74) is 5.39. The van der Waals surface area contributed by atoms with Crippen molar-refractivity contribution in [3.63, 3.8) is 0 Å². The maximum absolute atomic E-state index is 11.6. The molecule has 0 radical (unpaired) electrons. The molecular formula is C10H20Cl2N4O2. The van der Waals surface area contributed by atoms with Crippen LogP contribution in [-0.2, 0) is 16.1 Å². The van der Waals surface area contributed by atoms with Gasteiger partial charge in [0.25, 0.3) is 5.91 Å². The SMILES string of the molecule is COC(CN)C(=O)NC(C)Cn1cccn1.Cl.Cl. The van der Waals surface area contributed by atoms with Gasteiger partial charge in [0.15, 0.2) is 0 Å². The Kier molecular flexibility index (Phi) is 11.0. The van der Waals surface area contributed by atoms with Crippen LogP contribution in [0.5, 0.6) is 0 Å². The van der Waals surface area contributed by atoms with Crippen LogP contribution in [0.3, 0.4) is 0 Å². The standard InChI is InChI=1S/C10H18N4O2.2ClH/c1-8(7-14-5-3-4-12-14)13-10(15)9(6-11)16-2;;/h3-5,8-9H,6-7,11H2,1-2H3,(H,13,15);2*1H. The zero-order valence-electron chi connectivity index (χ0n) is 10.4. The highest BCUT2D eigenvalue weighted by atomic mass is 35.5. The van der Waals surface area contributed by atoms with Gasteiger partial charge in [-0.25, -0.2) is 0 Å². The number of nitrogens with two attached hydrogens (primary N) is 1. The number of methoxy groups -OCH3 is 1. The van der Waals surface area contributed by atoms with Gasteiger partial charge in [-0.2, -0.15) is 5.10 Å². The Hall–Kier alpha value is -0.820. The lowest BCUT2D eigenvalue weighted by Crippen LogP contribution is -2.45. The second kappa shape index (κ2) is 10.1. The second-order valence-corrected chi connectivity index (χ2v) is 3.60. The van der Waals surface area contributed by atoms with Crippen molar-refractivity contribution in [2.75, 3.05) is 13.7 Å². The molecule has 106 valence electrons. The molecule has 18 heavy (non-hydrogen) atoms. The first kappa shape index (κ1) is 19.5. The van der Waals surface area contributed by atoms with Crippen molar-refractivity contribution in [2.45, 2.75) is 25.6 Å². The van der Waals surface area contributed by atoms with Gasteiger partial charge in [0.2, 0.25) is 0 Å². The summed E-state index contributed by atoms with van der Waals surface area (Å²) >= 11 is 0. The van der Waals surface area contributed by atoms with E-state index in [1.165, 1.54) is 7.11 Å². The van der Waals surface area contributed by atoms with Crippen LogP contribution < -0.4 is 11.1 Å². The van der Waals surface area contributed by atoms with Gasteiger partial charge >= 0.3 is 0 Å². The third-order valence-electron chi connectivity index (χ3n) is 2.20. The van der Waals surface area contributed by atoms with Crippen molar-refractivity contribution in [1.82, 2.24) is 15.1 Å². The summed E-state index contributed by atoms with van der Waals surface area (Å²) in [6.07, 6.45) is 2.96. The Morgan fingerprint density at radius 2 is 2.22 bits per heavy atom. The molecule has 8 heteroatoms. The van der Waals surface area contributed by atoms with Crippen LogP contribution in [-0.4, -0.2) is 41.5 Å². The molecule has 0 aliphatic heterocycles. The van der Waals surface area contributed by atoms with Crippen LogP contribution in [0.4, 0.5) is 0 Å². The van der Waals surface area contributed by atoms with Crippen molar-refractivity contribution in [3.05, 3.63) is 18.5 Å². The number of aromatic nitrogens is 2. The lowest BCUT2D eigenvalue weighted by Gasteiger charge is -2.18. The maximum atomic E-state index is 11.6. The summed E-state index contributed by atoms with van der Waals surface area (Å²) in [7, 11) is 1.47. The lowest BCUT2D eigenvalue weighted by molar-refractivity contribution is -0.131. The molecule has 0 saturated carbocycles. The molecule has 3 N–H and O–H groups in total. The zero-order valence-corrected chi connectivity index (χ0v) is 12.0. The van der Waals surface area contributed by atoms with Gasteiger partial charge < -0.3 is 15.8 Å². The van der Waals surface area contributed by atoms with Gasteiger partial charge in [0.1, 0.15) is 6.10 Å². The van der Waals surface area contributed by atoms with Crippen molar-refractivity contribution >= 4 is 30.7 Å². The summed E-state index contributed by atoms with van der Waals surface area (Å²) in [6.45, 7) is 2.71. The van der Waals surface area contributed by atoms with Crippen molar-refractivity contribution in [2.24, 2.45) is 5.73 Å². The first-order valence-electron chi connectivity index (χ1n) is 5.18. The number of rotatable bonds is 6. The molecule has 0 aliphatic carbocycles. The number of carbonyl (C=O) groups is 1. The topological polar surface area (TPSA) is 82.2 Å². The van der Waals surface area contributed by atoms with Crippen molar-refractivity contribution in [3.8, 4) is 0 Å². The summed E-state index contributed by atoms with van der Waals surface area (Å²) < 4.78 is 6.70. The Labute approximate surface area is 119 Å². The highest BCUT2D eigenvalue weighted by molar-refractivity contribution is 5.85. The summed E-state index contributed by atoms with van der Waals surface area (Å²) in [6, 6.07) is 1.82. The molecule has 1 amide bonds. The van der Waals surface area contributed by atoms with Gasteiger partial charge in [-0.05, 0) is 13.0 Å². The van der Waals surface area contributed by atoms with Crippen LogP contribution in [0.15, 0.2) is 18.5 Å². The van der Waals surface area contributed by atoms with Crippen molar-refractivity contribution < 1.29 is 9.53 Å². The van der Waals surface area contributed by atoms with Crippen LogP contribution in [0.1, 0.15) is 6.92 Å². The summed E-state index contributed by atoms with van der Waals surface area (Å²) in [5, 5.41) is 6.87. The fourth-order valence-corrected chi connectivity index (χ4v) is 1.38. The molecule has 0 spiro atoms. The molecule has 6 nitrogen and oxygen atoms in total. The van der Waals surface area contributed by atoms with E-state index in [1.807, 2.05) is 19.2 Å². The maximum Gasteiger partial charge on any atom is 0.250 e. The fourth-order valence-electron chi connectivity index (χ4n) is 1.38. The molecule has 0 aromatic carbocycles. The quantitative estimate of drug-likeness (QED) is 0.786. The molecule has 0 saturated heterocycles. The smallest absolute Gasteiger partial charge is 0.250 e. The molecule has 1 rings (SSSR count). The molecule has 1 aromatic rings. The second-order valence-electron chi connectivity index (χ2n) is 3.60. The van der Waals surface area contributed by atoms with E-state index >= 15 is 0 Å². The van der Waals surface area contributed by atoms with Gasteiger partial charge in [0, 0.05) is 32.1 Å². The summed E-state index contributed by atoms with van der Waals surface area (Å²) in [5.74, 6) is -0.190. The van der Waals surface area contributed by atoms with Crippen LogP contribution >= 0.6 is 24.8 Å². The minimum Gasteiger partial charge on any atom is -0.370 e. The molecule has 0 fully saturated rings. The van der Waals surface area contributed by atoms with Crippen LogP contribution in [0.2, 0.25) is 0 Å². The molecule has 1 heterocycles. The Morgan fingerprint density at radius 1 is 1.56 bits per heavy atom. The van der Waals surface area contributed by atoms with E-state index < -0.39 is 6.10 Å². The highest BCUT2D eigenvalue weighted by Crippen LogP contribution is 1.93. The number of hydrogen-bond donors (Lipinski definition) is 2. The third kappa shape index (κ3) is 6.20. The highest BCUT2D eigenvalue weighted by Gasteiger charge is 2.17. The molecule has 0 aliphatic rings. The fraction of sp³-hybridized carbons (Fsp3) is 0.600.